The predicted molar refractivity (Wildman–Crippen MR) is 98.8 cm³/mol. The maximum absolute atomic E-state index is 5.75. The van der Waals surface area contributed by atoms with Crippen molar-refractivity contribution in [2.75, 3.05) is 0 Å². The molecule has 0 amide bonds. The molecule has 0 aliphatic heterocycles. The molecule has 0 unspecified atom stereocenters. The van der Waals surface area contributed by atoms with Crippen LogP contribution in [-0.4, -0.2) is 20.2 Å². The molecule has 2 rings (SSSR count). The van der Waals surface area contributed by atoms with E-state index in [0.29, 0.717) is 0 Å². The van der Waals surface area contributed by atoms with Crippen LogP contribution in [0.25, 0.3) is 0 Å². The molecule has 0 saturated carbocycles. The molecule has 2 aromatic carbocycles. The van der Waals surface area contributed by atoms with Gasteiger partial charge in [0.1, 0.15) is 0 Å². The van der Waals surface area contributed by atoms with Crippen LogP contribution in [0.5, 0.6) is 0 Å². The first-order chi connectivity index (χ1) is 9.21. The number of rotatable bonds is 2. The Kier molecular flexibility index (Phi) is 8.43. The van der Waals surface area contributed by atoms with Crippen molar-refractivity contribution in [3.05, 3.63) is 60.7 Å². The summed E-state index contributed by atoms with van der Waals surface area (Å²) in [5.41, 5.74) is 0. The van der Waals surface area contributed by atoms with Gasteiger partial charge in [0.05, 0.1) is 0 Å². The van der Waals surface area contributed by atoms with Crippen molar-refractivity contribution in [2.45, 2.75) is 0 Å². The van der Waals surface area contributed by atoms with Gasteiger partial charge in [-0.25, -0.2) is 0 Å². The Balaban J connectivity index is 0.000000200. The van der Waals surface area contributed by atoms with Crippen molar-refractivity contribution in [1.82, 2.24) is 0 Å². The van der Waals surface area contributed by atoms with Crippen molar-refractivity contribution in [1.29, 1.82) is 0 Å². The summed E-state index contributed by atoms with van der Waals surface area (Å²) >= 11 is 0. The molecule has 0 aromatic heterocycles. The summed E-state index contributed by atoms with van der Waals surface area (Å²) in [6.07, 6.45) is 0. The van der Waals surface area contributed by atoms with Crippen molar-refractivity contribution in [3.63, 3.8) is 0 Å². The van der Waals surface area contributed by atoms with Crippen LogP contribution < -0.4 is 8.92 Å². The Bertz CT molecular complexity index is 457. The van der Waals surface area contributed by atoms with E-state index in [0.717, 1.165) is 8.92 Å². The molecule has 20 heavy (non-hydrogen) atoms. The maximum atomic E-state index is 5.75. The van der Waals surface area contributed by atoms with Gasteiger partial charge in [-0.2, -0.15) is 0 Å². The molecule has 0 nitrogen and oxygen atoms in total. The molecule has 0 spiro atoms. The minimum atomic E-state index is -2.78. The van der Waals surface area contributed by atoms with Crippen LogP contribution in [0.2, 0.25) is 0 Å². The van der Waals surface area contributed by atoms with Crippen molar-refractivity contribution >= 4 is 89.7 Å². The van der Waals surface area contributed by atoms with Crippen LogP contribution in [-0.2, 0) is 0 Å². The molecule has 0 N–H and O–H groups in total. The van der Waals surface area contributed by atoms with Crippen molar-refractivity contribution in [3.8, 4) is 0 Å². The first kappa shape index (κ1) is 19.3. The summed E-state index contributed by atoms with van der Waals surface area (Å²) < 4.78 is 1.70. The van der Waals surface area contributed by atoms with Gasteiger partial charge in [-0.05, 0) is 0 Å². The normalized spacial score (nSPS) is 13.1. The molecule has 112 valence electrons. The zero-order valence-corrected chi connectivity index (χ0v) is 17.8. The molecular formula is C12H10Cl6Se2. The summed E-state index contributed by atoms with van der Waals surface area (Å²) in [6.45, 7) is 0. The van der Waals surface area contributed by atoms with Crippen LogP contribution in [0.1, 0.15) is 0 Å². The minimum absolute atomic E-state index is 0.851. The summed E-state index contributed by atoms with van der Waals surface area (Å²) in [6, 6.07) is 18.6. The van der Waals surface area contributed by atoms with E-state index in [1.54, 1.807) is 0 Å². The number of hydrogen-bond donors (Lipinski definition) is 0. The third-order valence-corrected chi connectivity index (χ3v) is 11.0. The van der Waals surface area contributed by atoms with E-state index in [-0.39, 0.29) is 0 Å². The Labute approximate surface area is 149 Å². The van der Waals surface area contributed by atoms with E-state index >= 15 is 0 Å². The standard InChI is InChI=1S/2C6H5Cl3Se/c2*7-10(8,9)6-4-2-1-3-5-6/h2*1-5H. The second-order valence-corrected chi connectivity index (χ2v) is 28.2. The quantitative estimate of drug-likeness (QED) is 0.480. The van der Waals surface area contributed by atoms with Crippen LogP contribution >= 0.6 is 60.6 Å². The van der Waals surface area contributed by atoms with Gasteiger partial charge in [0.15, 0.2) is 0 Å². The second kappa shape index (κ2) is 8.75. The van der Waals surface area contributed by atoms with E-state index in [1.807, 2.05) is 60.7 Å². The second-order valence-electron chi connectivity index (χ2n) is 3.44. The van der Waals surface area contributed by atoms with Gasteiger partial charge in [0, 0.05) is 0 Å². The van der Waals surface area contributed by atoms with E-state index in [9.17, 15) is 0 Å². The third kappa shape index (κ3) is 7.47. The molecule has 0 bridgehead atoms. The average Bonchev–Trinajstić information content (AvgIpc) is 2.40. The monoisotopic (exact) mass is 524 g/mol. The van der Waals surface area contributed by atoms with E-state index in [4.69, 9.17) is 60.6 Å². The molecule has 0 aliphatic rings. The zero-order valence-electron chi connectivity index (χ0n) is 9.86. The van der Waals surface area contributed by atoms with Gasteiger partial charge in [0.2, 0.25) is 0 Å². The van der Waals surface area contributed by atoms with Crippen molar-refractivity contribution in [2.24, 2.45) is 0 Å². The van der Waals surface area contributed by atoms with Gasteiger partial charge in [-0.15, -0.1) is 0 Å². The van der Waals surface area contributed by atoms with Crippen molar-refractivity contribution < 1.29 is 0 Å². The molecular weight excluding hydrogens is 515 g/mol. The fraction of sp³-hybridized carbons (Fsp3) is 0. The third-order valence-electron chi connectivity index (χ3n) is 2.02. The van der Waals surface area contributed by atoms with Crippen LogP contribution in [0.3, 0.4) is 0 Å². The molecule has 0 fully saturated rings. The van der Waals surface area contributed by atoms with Crippen LogP contribution in [0.15, 0.2) is 60.7 Å². The number of halogens is 6. The van der Waals surface area contributed by atoms with Crippen LogP contribution in [0, 0.1) is 0 Å². The van der Waals surface area contributed by atoms with Crippen LogP contribution in [0.4, 0.5) is 0 Å². The molecule has 0 radical (unpaired) electrons. The topological polar surface area (TPSA) is 0 Å². The fourth-order valence-electron chi connectivity index (χ4n) is 1.15. The van der Waals surface area contributed by atoms with Gasteiger partial charge < -0.3 is 0 Å². The first-order valence-corrected chi connectivity index (χ1v) is 20.4. The first-order valence-electron chi connectivity index (χ1n) is 5.16. The molecule has 0 heterocycles. The van der Waals surface area contributed by atoms with Gasteiger partial charge in [0.25, 0.3) is 0 Å². The van der Waals surface area contributed by atoms with Gasteiger partial charge >= 0.3 is 150 Å². The summed E-state index contributed by atoms with van der Waals surface area (Å²) in [5, 5.41) is 0. The Hall–Kier alpha value is 1.22. The fourth-order valence-corrected chi connectivity index (χ4v) is 6.31. The average molecular weight is 525 g/mol. The SMILES string of the molecule is Cl[Se](Cl)(Cl)c1ccccc1.Cl[Se](Cl)(Cl)c1ccccc1. The molecule has 2 aromatic rings. The number of benzene rings is 2. The van der Waals surface area contributed by atoms with E-state index in [2.05, 4.69) is 0 Å². The predicted octanol–water partition coefficient (Wildman–Crippen LogP) is 5.10. The summed E-state index contributed by atoms with van der Waals surface area (Å²) in [4.78, 5) is 0. The Morgan fingerprint density at radius 2 is 0.700 bits per heavy atom. The van der Waals surface area contributed by atoms with Gasteiger partial charge in [-0.1, -0.05) is 0 Å². The Morgan fingerprint density at radius 1 is 0.450 bits per heavy atom. The van der Waals surface area contributed by atoms with E-state index in [1.165, 1.54) is 0 Å². The molecule has 0 aliphatic carbocycles. The summed E-state index contributed by atoms with van der Waals surface area (Å²) in [7, 11) is 28.9. The number of hydrogen-bond acceptors (Lipinski definition) is 0. The summed E-state index contributed by atoms with van der Waals surface area (Å²) in [5.74, 6) is 0. The molecule has 8 heteroatoms. The van der Waals surface area contributed by atoms with Gasteiger partial charge in [-0.3, -0.25) is 0 Å². The molecule has 0 saturated heterocycles. The Morgan fingerprint density at radius 3 is 0.850 bits per heavy atom. The molecule has 0 atom stereocenters. The van der Waals surface area contributed by atoms with E-state index < -0.39 is 20.2 Å². The zero-order chi connectivity index (χ0) is 15.2.